The van der Waals surface area contributed by atoms with Crippen molar-refractivity contribution in [3.8, 4) is 0 Å². The van der Waals surface area contributed by atoms with Gasteiger partial charge in [-0.2, -0.15) is 0 Å². The van der Waals surface area contributed by atoms with Crippen molar-refractivity contribution < 1.29 is 13.5 Å². The number of thiophene rings is 1. The van der Waals surface area contributed by atoms with E-state index >= 15 is 0 Å². The predicted molar refractivity (Wildman–Crippen MR) is 113 cm³/mol. The summed E-state index contributed by atoms with van der Waals surface area (Å²) in [6, 6.07) is 3.82. The number of rotatable bonds is 6. The van der Waals surface area contributed by atoms with Crippen LogP contribution in [0.5, 0.6) is 0 Å². The van der Waals surface area contributed by atoms with Crippen molar-refractivity contribution in [3.63, 3.8) is 0 Å². The van der Waals surface area contributed by atoms with Crippen molar-refractivity contribution in [3.05, 3.63) is 22.4 Å². The lowest BCUT2D eigenvalue weighted by Crippen LogP contribution is -2.45. The summed E-state index contributed by atoms with van der Waals surface area (Å²) in [6.07, 6.45) is 2.08. The van der Waals surface area contributed by atoms with Crippen LogP contribution in [0, 0.1) is 5.92 Å². The number of hydrogen-bond acceptors (Lipinski definition) is 5. The van der Waals surface area contributed by atoms with Crippen molar-refractivity contribution >= 4 is 51.3 Å². The second kappa shape index (κ2) is 9.49. The minimum absolute atomic E-state index is 0. The van der Waals surface area contributed by atoms with Gasteiger partial charge in [0.15, 0.2) is 5.96 Å². The number of nitrogens with one attached hydrogen (secondary N) is 2. The third kappa shape index (κ3) is 6.66. The van der Waals surface area contributed by atoms with Crippen LogP contribution in [-0.4, -0.2) is 63.3 Å². The molecule has 25 heavy (non-hydrogen) atoms. The van der Waals surface area contributed by atoms with Crippen molar-refractivity contribution in [1.29, 1.82) is 0 Å². The van der Waals surface area contributed by atoms with Crippen LogP contribution < -0.4 is 10.6 Å². The van der Waals surface area contributed by atoms with Gasteiger partial charge in [-0.05, 0) is 30.7 Å². The number of sulfonamides is 1. The van der Waals surface area contributed by atoms with Gasteiger partial charge in [-0.3, -0.25) is 4.99 Å². The van der Waals surface area contributed by atoms with Gasteiger partial charge in [-0.1, -0.05) is 6.07 Å². The second-order valence-electron chi connectivity index (χ2n) is 6.33. The molecule has 3 N–H and O–H groups in total. The quantitative estimate of drug-likeness (QED) is 0.307. The van der Waals surface area contributed by atoms with Crippen LogP contribution in [0.2, 0.25) is 0 Å². The Bertz CT molecular complexity index is 662. The highest BCUT2D eigenvalue weighted by molar-refractivity contribution is 14.0. The van der Waals surface area contributed by atoms with Crippen molar-refractivity contribution in [2.45, 2.75) is 18.9 Å². The van der Waals surface area contributed by atoms with E-state index in [4.69, 9.17) is 0 Å². The van der Waals surface area contributed by atoms with Crippen LogP contribution in [0.3, 0.4) is 0 Å². The molecule has 7 nitrogen and oxygen atoms in total. The lowest BCUT2D eigenvalue weighted by molar-refractivity contribution is 0.0655. The van der Waals surface area contributed by atoms with E-state index in [0.29, 0.717) is 32.1 Å². The smallest absolute Gasteiger partial charge is 0.211 e. The number of guanidine groups is 1. The molecular weight excluding hydrogens is 475 g/mol. The lowest BCUT2D eigenvalue weighted by atomic mass is 10.1. The number of halogens is 1. The molecule has 1 saturated heterocycles. The minimum Gasteiger partial charge on any atom is -0.383 e. The summed E-state index contributed by atoms with van der Waals surface area (Å²) in [5.41, 5.74) is -0.966. The molecule has 1 aromatic heterocycles. The molecule has 2 rings (SSSR count). The Morgan fingerprint density at radius 3 is 2.76 bits per heavy atom. The SMILES string of the molecule is CN=C(NCC1CCN(S(C)(=O)=O)C1)NCC(C)(O)c1cccs1.I. The van der Waals surface area contributed by atoms with Crippen LogP contribution in [0.4, 0.5) is 0 Å². The predicted octanol–water partition coefficient (Wildman–Crippen LogP) is 1.02. The molecule has 0 radical (unpaired) electrons. The molecule has 2 heterocycles. The summed E-state index contributed by atoms with van der Waals surface area (Å²) >= 11 is 1.51. The van der Waals surface area contributed by atoms with Gasteiger partial charge in [-0.15, -0.1) is 35.3 Å². The standard InChI is InChI=1S/C15H26N4O3S2.HI/c1-15(20,13-5-4-8-23-13)11-18-14(16-2)17-9-12-6-7-19(10-12)24(3,21)22;/h4-5,8,12,20H,6-7,9-11H2,1-3H3,(H2,16,17,18);1H. The molecule has 0 aliphatic carbocycles. The fraction of sp³-hybridized carbons (Fsp3) is 0.667. The topological polar surface area (TPSA) is 94.0 Å². The molecule has 0 amide bonds. The second-order valence-corrected chi connectivity index (χ2v) is 9.26. The van der Waals surface area contributed by atoms with E-state index in [1.165, 1.54) is 21.9 Å². The molecule has 0 bridgehead atoms. The highest BCUT2D eigenvalue weighted by Gasteiger charge is 2.29. The average Bonchev–Trinajstić information content (AvgIpc) is 3.18. The van der Waals surface area contributed by atoms with Crippen molar-refractivity contribution in [2.24, 2.45) is 10.9 Å². The lowest BCUT2D eigenvalue weighted by Gasteiger charge is -2.24. The maximum absolute atomic E-state index is 11.5. The molecular formula is C15H27IN4O3S2. The highest BCUT2D eigenvalue weighted by Crippen LogP contribution is 2.24. The van der Waals surface area contributed by atoms with E-state index in [1.54, 1.807) is 14.0 Å². The van der Waals surface area contributed by atoms with Gasteiger partial charge in [0.05, 0.1) is 12.8 Å². The normalized spacial score (nSPS) is 21.4. The van der Waals surface area contributed by atoms with Crippen LogP contribution in [0.25, 0.3) is 0 Å². The van der Waals surface area contributed by atoms with Gasteiger partial charge in [0.2, 0.25) is 10.0 Å². The van der Waals surface area contributed by atoms with E-state index in [1.807, 2.05) is 17.5 Å². The minimum atomic E-state index is -3.11. The maximum Gasteiger partial charge on any atom is 0.211 e. The number of nitrogens with zero attached hydrogens (tertiary/aromatic N) is 2. The van der Waals surface area contributed by atoms with Crippen LogP contribution in [0.15, 0.2) is 22.5 Å². The molecule has 144 valence electrons. The van der Waals surface area contributed by atoms with Gasteiger partial charge >= 0.3 is 0 Å². The molecule has 1 fully saturated rings. The first-order valence-corrected chi connectivity index (χ1v) is 10.6. The molecule has 0 aromatic carbocycles. The summed E-state index contributed by atoms with van der Waals surface area (Å²) < 4.78 is 24.6. The summed E-state index contributed by atoms with van der Waals surface area (Å²) in [4.78, 5) is 5.05. The summed E-state index contributed by atoms with van der Waals surface area (Å²) in [5, 5.41) is 18.8. The zero-order chi connectivity index (χ0) is 17.8. The monoisotopic (exact) mass is 502 g/mol. The molecule has 2 unspecified atom stereocenters. The van der Waals surface area contributed by atoms with Crippen LogP contribution >= 0.6 is 35.3 Å². The Labute approximate surface area is 171 Å². The zero-order valence-corrected chi connectivity index (χ0v) is 18.7. The number of aliphatic imine (C=N–C) groups is 1. The van der Waals surface area contributed by atoms with Crippen molar-refractivity contribution in [1.82, 2.24) is 14.9 Å². The molecule has 2 atom stereocenters. The molecule has 0 spiro atoms. The average molecular weight is 502 g/mol. The van der Waals surface area contributed by atoms with Crippen LogP contribution in [0.1, 0.15) is 18.2 Å². The fourth-order valence-electron chi connectivity index (χ4n) is 2.65. The largest absolute Gasteiger partial charge is 0.383 e. The first kappa shape index (κ1) is 22.6. The number of aliphatic hydroxyl groups is 1. The number of hydrogen-bond donors (Lipinski definition) is 3. The van der Waals surface area contributed by atoms with Gasteiger partial charge in [-0.25, -0.2) is 12.7 Å². The van der Waals surface area contributed by atoms with E-state index in [-0.39, 0.29) is 29.9 Å². The summed E-state index contributed by atoms with van der Waals surface area (Å²) in [5.74, 6) is 0.862. The maximum atomic E-state index is 11.5. The van der Waals surface area contributed by atoms with E-state index in [9.17, 15) is 13.5 Å². The van der Waals surface area contributed by atoms with E-state index in [0.717, 1.165) is 11.3 Å². The molecule has 1 aliphatic rings. The Morgan fingerprint density at radius 1 is 1.52 bits per heavy atom. The Balaban J connectivity index is 0.00000312. The zero-order valence-electron chi connectivity index (χ0n) is 14.7. The first-order valence-electron chi connectivity index (χ1n) is 7.88. The van der Waals surface area contributed by atoms with Gasteiger partial charge in [0.1, 0.15) is 5.60 Å². The first-order chi connectivity index (χ1) is 11.2. The van der Waals surface area contributed by atoms with Gasteiger partial charge in [0, 0.05) is 31.6 Å². The molecule has 1 aromatic rings. The third-order valence-electron chi connectivity index (χ3n) is 4.15. The Kier molecular flexibility index (Phi) is 8.58. The molecule has 0 saturated carbocycles. The van der Waals surface area contributed by atoms with Gasteiger partial charge in [0.25, 0.3) is 0 Å². The molecule has 1 aliphatic heterocycles. The third-order valence-corrected chi connectivity index (χ3v) is 6.54. The van der Waals surface area contributed by atoms with E-state index in [2.05, 4.69) is 15.6 Å². The van der Waals surface area contributed by atoms with E-state index < -0.39 is 15.6 Å². The summed E-state index contributed by atoms with van der Waals surface area (Å²) in [6.45, 7) is 3.86. The Hall–Kier alpha value is -0.430. The summed E-state index contributed by atoms with van der Waals surface area (Å²) in [7, 11) is -1.43. The van der Waals surface area contributed by atoms with Crippen LogP contribution in [-0.2, 0) is 15.6 Å². The Morgan fingerprint density at radius 2 is 2.24 bits per heavy atom. The molecule has 10 heteroatoms. The van der Waals surface area contributed by atoms with Gasteiger partial charge < -0.3 is 15.7 Å². The fourth-order valence-corrected chi connectivity index (χ4v) is 4.36. The van der Waals surface area contributed by atoms with Crippen molar-refractivity contribution in [2.75, 3.05) is 39.5 Å². The highest BCUT2D eigenvalue weighted by atomic mass is 127.